The standard InChI is InChI=1S/C12H13BrFNO2/c1-8-7-17-5-4-15(8)12(16)10-3-2-9(14)6-11(10)13/h2-3,6,8H,4-5,7H2,1H3. The average molecular weight is 302 g/mol. The molecule has 1 heterocycles. The highest BCUT2D eigenvalue weighted by Crippen LogP contribution is 2.21. The highest BCUT2D eigenvalue weighted by Gasteiger charge is 2.25. The molecule has 1 amide bonds. The number of carbonyl (C=O) groups excluding carboxylic acids is 1. The molecule has 0 spiro atoms. The number of benzene rings is 1. The van der Waals surface area contributed by atoms with Gasteiger partial charge in [-0.15, -0.1) is 0 Å². The highest BCUT2D eigenvalue weighted by molar-refractivity contribution is 9.10. The number of ether oxygens (including phenoxy) is 1. The number of hydrogen-bond donors (Lipinski definition) is 0. The smallest absolute Gasteiger partial charge is 0.255 e. The molecular weight excluding hydrogens is 289 g/mol. The van der Waals surface area contributed by atoms with Crippen LogP contribution in [0.25, 0.3) is 0 Å². The van der Waals surface area contributed by atoms with Gasteiger partial charge in [0.2, 0.25) is 0 Å². The molecule has 5 heteroatoms. The summed E-state index contributed by atoms with van der Waals surface area (Å²) in [4.78, 5) is 14.0. The summed E-state index contributed by atoms with van der Waals surface area (Å²) in [6.07, 6.45) is 0. The van der Waals surface area contributed by atoms with E-state index in [9.17, 15) is 9.18 Å². The van der Waals surface area contributed by atoms with Crippen molar-refractivity contribution in [1.29, 1.82) is 0 Å². The lowest BCUT2D eigenvalue weighted by Gasteiger charge is -2.33. The molecule has 2 rings (SSSR count). The summed E-state index contributed by atoms with van der Waals surface area (Å²) in [5.74, 6) is -0.448. The summed E-state index contributed by atoms with van der Waals surface area (Å²) >= 11 is 3.22. The molecule has 1 aliphatic rings. The summed E-state index contributed by atoms with van der Waals surface area (Å²) < 4.78 is 18.7. The van der Waals surface area contributed by atoms with Crippen LogP contribution in [0.3, 0.4) is 0 Å². The molecule has 1 unspecified atom stereocenters. The van der Waals surface area contributed by atoms with E-state index in [1.807, 2.05) is 6.92 Å². The predicted molar refractivity (Wildman–Crippen MR) is 65.4 cm³/mol. The van der Waals surface area contributed by atoms with Gasteiger partial charge in [0, 0.05) is 11.0 Å². The van der Waals surface area contributed by atoms with Gasteiger partial charge < -0.3 is 9.64 Å². The molecule has 0 saturated carbocycles. The first kappa shape index (κ1) is 12.5. The summed E-state index contributed by atoms with van der Waals surface area (Å²) in [5.41, 5.74) is 0.486. The fourth-order valence-corrected chi connectivity index (χ4v) is 2.37. The Labute approximate surface area is 108 Å². The van der Waals surface area contributed by atoms with Crippen molar-refractivity contribution in [2.24, 2.45) is 0 Å². The number of amides is 1. The summed E-state index contributed by atoms with van der Waals surface area (Å²) in [5, 5.41) is 0. The summed E-state index contributed by atoms with van der Waals surface area (Å²) in [6.45, 7) is 3.61. The van der Waals surface area contributed by atoms with Gasteiger partial charge in [0.15, 0.2) is 0 Å². The first-order chi connectivity index (χ1) is 8.09. The second-order valence-corrected chi connectivity index (χ2v) is 4.90. The maximum absolute atomic E-state index is 13.0. The van der Waals surface area contributed by atoms with E-state index in [-0.39, 0.29) is 17.8 Å². The number of rotatable bonds is 1. The minimum Gasteiger partial charge on any atom is -0.377 e. The van der Waals surface area contributed by atoms with E-state index in [0.29, 0.717) is 29.8 Å². The molecule has 0 radical (unpaired) electrons. The Morgan fingerprint density at radius 1 is 1.59 bits per heavy atom. The largest absolute Gasteiger partial charge is 0.377 e. The predicted octanol–water partition coefficient (Wildman–Crippen LogP) is 2.45. The van der Waals surface area contributed by atoms with Crippen LogP contribution in [-0.2, 0) is 4.74 Å². The van der Waals surface area contributed by atoms with Crippen molar-refractivity contribution in [3.05, 3.63) is 34.1 Å². The van der Waals surface area contributed by atoms with Crippen LogP contribution in [-0.4, -0.2) is 36.6 Å². The number of carbonyl (C=O) groups is 1. The molecule has 1 aliphatic heterocycles. The Morgan fingerprint density at radius 2 is 2.35 bits per heavy atom. The van der Waals surface area contributed by atoms with Gasteiger partial charge in [-0.2, -0.15) is 0 Å². The molecule has 0 bridgehead atoms. The van der Waals surface area contributed by atoms with Gasteiger partial charge in [0.05, 0.1) is 24.8 Å². The van der Waals surface area contributed by atoms with Crippen molar-refractivity contribution >= 4 is 21.8 Å². The van der Waals surface area contributed by atoms with Gasteiger partial charge in [-0.1, -0.05) is 0 Å². The van der Waals surface area contributed by atoms with Crippen LogP contribution in [0.4, 0.5) is 4.39 Å². The van der Waals surface area contributed by atoms with Crippen molar-refractivity contribution in [2.45, 2.75) is 13.0 Å². The molecule has 1 aromatic rings. The van der Waals surface area contributed by atoms with Crippen LogP contribution in [0.15, 0.2) is 22.7 Å². The first-order valence-electron chi connectivity index (χ1n) is 5.43. The van der Waals surface area contributed by atoms with Gasteiger partial charge in [0.25, 0.3) is 5.91 Å². The topological polar surface area (TPSA) is 29.5 Å². The zero-order valence-corrected chi connectivity index (χ0v) is 11.0. The lowest BCUT2D eigenvalue weighted by molar-refractivity contribution is 0.00354. The summed E-state index contributed by atoms with van der Waals surface area (Å²) in [7, 11) is 0. The molecule has 1 aromatic carbocycles. The second kappa shape index (κ2) is 5.14. The van der Waals surface area contributed by atoms with E-state index < -0.39 is 0 Å². The fraction of sp³-hybridized carbons (Fsp3) is 0.417. The van der Waals surface area contributed by atoms with Crippen molar-refractivity contribution in [1.82, 2.24) is 4.90 Å². The fourth-order valence-electron chi connectivity index (χ4n) is 1.85. The Hall–Kier alpha value is -0.940. The van der Waals surface area contributed by atoms with E-state index >= 15 is 0 Å². The number of morpholine rings is 1. The molecule has 1 fully saturated rings. The van der Waals surface area contributed by atoms with E-state index in [1.165, 1.54) is 18.2 Å². The molecule has 3 nitrogen and oxygen atoms in total. The van der Waals surface area contributed by atoms with E-state index in [1.54, 1.807) is 4.90 Å². The third-order valence-corrected chi connectivity index (χ3v) is 3.45. The molecule has 92 valence electrons. The SMILES string of the molecule is CC1COCCN1C(=O)c1ccc(F)cc1Br. The Balaban J connectivity index is 2.24. The molecule has 0 N–H and O–H groups in total. The molecule has 17 heavy (non-hydrogen) atoms. The quantitative estimate of drug-likeness (QED) is 0.797. The monoisotopic (exact) mass is 301 g/mol. The number of nitrogens with zero attached hydrogens (tertiary/aromatic N) is 1. The zero-order chi connectivity index (χ0) is 12.4. The Morgan fingerprint density at radius 3 is 3.00 bits per heavy atom. The number of halogens is 2. The van der Waals surface area contributed by atoms with Gasteiger partial charge in [-0.3, -0.25) is 4.79 Å². The first-order valence-corrected chi connectivity index (χ1v) is 6.22. The van der Waals surface area contributed by atoms with Crippen molar-refractivity contribution < 1.29 is 13.9 Å². The van der Waals surface area contributed by atoms with Crippen molar-refractivity contribution in [3.8, 4) is 0 Å². The van der Waals surface area contributed by atoms with Gasteiger partial charge in [-0.25, -0.2) is 4.39 Å². The van der Waals surface area contributed by atoms with Crippen molar-refractivity contribution in [2.75, 3.05) is 19.8 Å². The second-order valence-electron chi connectivity index (χ2n) is 4.05. The minimum absolute atomic E-state index is 0.0493. The molecule has 0 aliphatic carbocycles. The molecule has 0 aromatic heterocycles. The third-order valence-electron chi connectivity index (χ3n) is 2.79. The van der Waals surface area contributed by atoms with Crippen LogP contribution in [0, 0.1) is 5.82 Å². The highest BCUT2D eigenvalue weighted by atomic mass is 79.9. The van der Waals surface area contributed by atoms with Crippen LogP contribution in [0.5, 0.6) is 0 Å². The van der Waals surface area contributed by atoms with Crippen LogP contribution >= 0.6 is 15.9 Å². The Bertz CT molecular complexity index is 439. The number of hydrogen-bond acceptors (Lipinski definition) is 2. The lowest BCUT2D eigenvalue weighted by atomic mass is 10.1. The minimum atomic E-state index is -0.358. The average Bonchev–Trinajstić information content (AvgIpc) is 2.29. The van der Waals surface area contributed by atoms with Gasteiger partial charge in [-0.05, 0) is 41.1 Å². The zero-order valence-electron chi connectivity index (χ0n) is 9.45. The van der Waals surface area contributed by atoms with E-state index in [4.69, 9.17) is 4.74 Å². The Kier molecular flexibility index (Phi) is 3.79. The van der Waals surface area contributed by atoms with Crippen LogP contribution < -0.4 is 0 Å². The molecule has 1 saturated heterocycles. The maximum Gasteiger partial charge on any atom is 0.255 e. The third kappa shape index (κ3) is 2.66. The maximum atomic E-state index is 13.0. The van der Waals surface area contributed by atoms with Crippen molar-refractivity contribution in [3.63, 3.8) is 0 Å². The van der Waals surface area contributed by atoms with E-state index in [2.05, 4.69) is 15.9 Å². The van der Waals surface area contributed by atoms with Crippen LogP contribution in [0.1, 0.15) is 17.3 Å². The normalized spacial score (nSPS) is 20.4. The van der Waals surface area contributed by atoms with Crippen LogP contribution in [0.2, 0.25) is 0 Å². The van der Waals surface area contributed by atoms with E-state index in [0.717, 1.165) is 0 Å². The summed E-state index contributed by atoms with van der Waals surface area (Å²) in [6, 6.07) is 4.15. The lowest BCUT2D eigenvalue weighted by Crippen LogP contribution is -2.47. The van der Waals surface area contributed by atoms with Gasteiger partial charge >= 0.3 is 0 Å². The van der Waals surface area contributed by atoms with Gasteiger partial charge in [0.1, 0.15) is 5.82 Å². The molecular formula is C12H13BrFNO2. The molecule has 1 atom stereocenters.